The second-order valence-electron chi connectivity index (χ2n) is 8.75. The van der Waals surface area contributed by atoms with E-state index in [-0.39, 0.29) is 17.7 Å². The SMILES string of the molecule is COc1cc(/C=C2\OC(C)(C)CN([C@@H](C)c3ccc(Cl)nc3)C2=O)ccc1-n1cnc(C)c1. The molecule has 0 aliphatic carbocycles. The molecule has 0 unspecified atom stereocenters. The molecule has 1 aromatic carbocycles. The molecule has 1 amide bonds. The molecule has 1 fully saturated rings. The van der Waals surface area contributed by atoms with Gasteiger partial charge in [0.2, 0.25) is 0 Å². The van der Waals surface area contributed by atoms with Crippen LogP contribution < -0.4 is 4.74 Å². The second kappa shape index (κ2) is 8.90. The number of carbonyl (C=O) groups is 1. The van der Waals surface area contributed by atoms with E-state index in [0.717, 1.165) is 22.5 Å². The fourth-order valence-electron chi connectivity index (χ4n) is 3.92. The Morgan fingerprint density at radius 3 is 2.67 bits per heavy atom. The summed E-state index contributed by atoms with van der Waals surface area (Å²) in [6.07, 6.45) is 7.13. The third-order valence-corrected chi connectivity index (χ3v) is 5.82. The van der Waals surface area contributed by atoms with Gasteiger partial charge in [0.1, 0.15) is 16.5 Å². The van der Waals surface area contributed by atoms with Crippen LogP contribution in [0.25, 0.3) is 11.8 Å². The highest BCUT2D eigenvalue weighted by Crippen LogP contribution is 2.33. The summed E-state index contributed by atoms with van der Waals surface area (Å²) in [5.74, 6) is 0.778. The van der Waals surface area contributed by atoms with Gasteiger partial charge >= 0.3 is 0 Å². The van der Waals surface area contributed by atoms with Gasteiger partial charge in [0.15, 0.2) is 5.76 Å². The van der Waals surface area contributed by atoms with E-state index in [1.165, 1.54) is 0 Å². The molecule has 1 aliphatic rings. The molecule has 1 aliphatic heterocycles. The maximum atomic E-state index is 13.4. The minimum absolute atomic E-state index is 0.176. The number of benzene rings is 1. The Kier molecular flexibility index (Phi) is 6.17. The van der Waals surface area contributed by atoms with Crippen LogP contribution in [0.3, 0.4) is 0 Å². The molecule has 3 heterocycles. The lowest BCUT2D eigenvalue weighted by atomic mass is 10.0. The van der Waals surface area contributed by atoms with Crippen molar-refractivity contribution in [2.45, 2.75) is 39.3 Å². The zero-order chi connectivity index (χ0) is 23.8. The fraction of sp³-hybridized carbons (Fsp3) is 0.320. The van der Waals surface area contributed by atoms with Crippen LogP contribution >= 0.6 is 11.6 Å². The van der Waals surface area contributed by atoms with E-state index in [2.05, 4.69) is 9.97 Å². The summed E-state index contributed by atoms with van der Waals surface area (Å²) in [6.45, 7) is 8.31. The lowest BCUT2D eigenvalue weighted by Crippen LogP contribution is -2.51. The summed E-state index contributed by atoms with van der Waals surface area (Å²) in [5.41, 5.74) is 2.94. The number of amides is 1. The monoisotopic (exact) mass is 466 g/mol. The normalized spacial score (nSPS) is 17.7. The molecule has 7 nitrogen and oxygen atoms in total. The minimum Gasteiger partial charge on any atom is -0.495 e. The van der Waals surface area contributed by atoms with Crippen LogP contribution in [0.2, 0.25) is 5.15 Å². The molecule has 3 aromatic rings. The molecule has 0 saturated carbocycles. The van der Waals surface area contributed by atoms with Crippen LogP contribution in [0.5, 0.6) is 5.75 Å². The van der Waals surface area contributed by atoms with E-state index >= 15 is 0 Å². The van der Waals surface area contributed by atoms with Crippen LogP contribution in [-0.4, -0.2) is 44.6 Å². The summed E-state index contributed by atoms with van der Waals surface area (Å²) in [6, 6.07) is 9.18. The van der Waals surface area contributed by atoms with Crippen molar-refractivity contribution in [1.82, 2.24) is 19.4 Å². The van der Waals surface area contributed by atoms with Crippen molar-refractivity contribution in [3.63, 3.8) is 0 Å². The highest BCUT2D eigenvalue weighted by Gasteiger charge is 2.39. The van der Waals surface area contributed by atoms with Crippen LogP contribution in [0.4, 0.5) is 0 Å². The maximum Gasteiger partial charge on any atom is 0.289 e. The molecule has 172 valence electrons. The number of pyridine rings is 1. The van der Waals surface area contributed by atoms with Crippen LogP contribution in [0.15, 0.2) is 54.8 Å². The zero-order valence-electron chi connectivity index (χ0n) is 19.4. The standard InChI is InChI=1S/C25H27ClN4O3/c1-16-13-29(15-28-16)20-8-6-18(10-21(20)32-5)11-22-24(31)30(14-25(3,4)33-22)17(2)19-7-9-23(26)27-12-19/h6-13,15,17H,14H2,1-5H3/b22-11-/t17-/m0/s1. The second-order valence-corrected chi connectivity index (χ2v) is 9.13. The average molecular weight is 467 g/mol. The van der Waals surface area contributed by atoms with Crippen molar-refractivity contribution in [3.8, 4) is 11.4 Å². The number of aryl methyl sites for hydroxylation is 1. The molecule has 0 radical (unpaired) electrons. The van der Waals surface area contributed by atoms with Gasteiger partial charge in [0, 0.05) is 12.4 Å². The Hall–Kier alpha value is -3.32. The molecular weight excluding hydrogens is 440 g/mol. The van der Waals surface area contributed by atoms with E-state index in [4.69, 9.17) is 21.1 Å². The third-order valence-electron chi connectivity index (χ3n) is 5.60. The summed E-state index contributed by atoms with van der Waals surface area (Å²) in [4.78, 5) is 23.6. The Morgan fingerprint density at radius 1 is 1.24 bits per heavy atom. The number of imidazole rings is 1. The molecule has 1 saturated heterocycles. The Morgan fingerprint density at radius 2 is 2.03 bits per heavy atom. The molecule has 1 atom stereocenters. The Balaban J connectivity index is 1.66. The average Bonchev–Trinajstić information content (AvgIpc) is 3.21. The van der Waals surface area contributed by atoms with Crippen LogP contribution in [0, 0.1) is 6.92 Å². The van der Waals surface area contributed by atoms with Crippen molar-refractivity contribution in [2.75, 3.05) is 13.7 Å². The molecule has 4 rings (SSSR count). The topological polar surface area (TPSA) is 69.5 Å². The molecular formula is C25H27ClN4O3. The lowest BCUT2D eigenvalue weighted by Gasteiger charge is -2.42. The van der Waals surface area contributed by atoms with Crippen LogP contribution in [0.1, 0.15) is 43.6 Å². The van der Waals surface area contributed by atoms with Gasteiger partial charge in [-0.25, -0.2) is 9.97 Å². The number of halogens is 1. The number of hydrogen-bond acceptors (Lipinski definition) is 5. The zero-order valence-corrected chi connectivity index (χ0v) is 20.1. The molecule has 0 bridgehead atoms. The van der Waals surface area contributed by atoms with Crippen LogP contribution in [-0.2, 0) is 9.53 Å². The summed E-state index contributed by atoms with van der Waals surface area (Å²) >= 11 is 5.93. The predicted molar refractivity (Wildman–Crippen MR) is 127 cm³/mol. The summed E-state index contributed by atoms with van der Waals surface area (Å²) in [5, 5.41) is 0.420. The van der Waals surface area contributed by atoms with Crippen molar-refractivity contribution < 1.29 is 14.3 Å². The first-order valence-corrected chi connectivity index (χ1v) is 11.1. The molecule has 2 aromatic heterocycles. The van der Waals surface area contributed by atoms with Gasteiger partial charge in [-0.3, -0.25) is 4.79 Å². The number of methoxy groups -OCH3 is 1. The minimum atomic E-state index is -0.549. The predicted octanol–water partition coefficient (Wildman–Crippen LogP) is 4.98. The fourth-order valence-corrected chi connectivity index (χ4v) is 4.03. The molecule has 8 heteroatoms. The van der Waals surface area contributed by atoms with Crippen molar-refractivity contribution >= 4 is 23.6 Å². The van der Waals surface area contributed by atoms with Gasteiger partial charge in [0.05, 0.1) is 37.4 Å². The first-order valence-electron chi connectivity index (χ1n) is 10.7. The van der Waals surface area contributed by atoms with Gasteiger partial charge in [-0.1, -0.05) is 23.7 Å². The molecule has 33 heavy (non-hydrogen) atoms. The van der Waals surface area contributed by atoms with Crippen molar-refractivity contribution in [3.05, 3.63) is 76.8 Å². The van der Waals surface area contributed by atoms with Gasteiger partial charge < -0.3 is 18.9 Å². The van der Waals surface area contributed by atoms with Crippen molar-refractivity contribution in [1.29, 1.82) is 0 Å². The number of ether oxygens (including phenoxy) is 2. The third kappa shape index (κ3) is 4.88. The summed E-state index contributed by atoms with van der Waals surface area (Å²) < 4.78 is 13.6. The quantitative estimate of drug-likeness (QED) is 0.392. The first kappa shape index (κ1) is 22.9. The highest BCUT2D eigenvalue weighted by molar-refractivity contribution is 6.29. The number of carbonyl (C=O) groups excluding carboxylic acids is 1. The summed E-state index contributed by atoms with van der Waals surface area (Å²) in [7, 11) is 1.62. The van der Waals surface area contributed by atoms with Gasteiger partial charge in [-0.05, 0) is 63.1 Å². The van der Waals surface area contributed by atoms with Gasteiger partial charge in [0.25, 0.3) is 5.91 Å². The highest BCUT2D eigenvalue weighted by atomic mass is 35.5. The van der Waals surface area contributed by atoms with E-state index in [1.807, 2.05) is 62.7 Å². The smallest absolute Gasteiger partial charge is 0.289 e. The number of aromatic nitrogens is 3. The Labute approximate surface area is 198 Å². The Bertz CT molecular complexity index is 1200. The van der Waals surface area contributed by atoms with E-state index in [9.17, 15) is 4.79 Å². The maximum absolute atomic E-state index is 13.4. The first-order chi connectivity index (χ1) is 15.7. The van der Waals surface area contributed by atoms with Crippen molar-refractivity contribution in [2.24, 2.45) is 0 Å². The molecule has 0 spiro atoms. The number of rotatable bonds is 5. The number of morpholine rings is 1. The van der Waals surface area contributed by atoms with E-state index in [0.29, 0.717) is 17.4 Å². The lowest BCUT2D eigenvalue weighted by molar-refractivity contribution is -0.149. The largest absolute Gasteiger partial charge is 0.495 e. The molecule has 0 N–H and O–H groups in total. The number of hydrogen-bond donors (Lipinski definition) is 0. The van der Waals surface area contributed by atoms with E-state index in [1.54, 1.807) is 36.7 Å². The van der Waals surface area contributed by atoms with Gasteiger partial charge in [-0.2, -0.15) is 0 Å². The number of nitrogens with zero attached hydrogens (tertiary/aromatic N) is 4. The van der Waals surface area contributed by atoms with Gasteiger partial charge in [-0.15, -0.1) is 0 Å². The van der Waals surface area contributed by atoms with E-state index < -0.39 is 5.60 Å².